The van der Waals surface area contributed by atoms with Crippen molar-refractivity contribution in [1.82, 2.24) is 0 Å². The summed E-state index contributed by atoms with van der Waals surface area (Å²) in [7, 11) is 0. The summed E-state index contributed by atoms with van der Waals surface area (Å²) in [6.45, 7) is 4.27. The van der Waals surface area contributed by atoms with Crippen LogP contribution in [-0.2, 0) is 4.79 Å². The lowest BCUT2D eigenvalue weighted by atomic mass is 10.0. The summed E-state index contributed by atoms with van der Waals surface area (Å²) in [6, 6.07) is 0. The van der Waals surface area contributed by atoms with Crippen molar-refractivity contribution in [3.8, 4) is 0 Å². The van der Waals surface area contributed by atoms with Crippen LogP contribution in [0.15, 0.2) is 24.3 Å². The Hall–Kier alpha value is -0.850. The van der Waals surface area contributed by atoms with Crippen LogP contribution in [0.2, 0.25) is 0 Å². The lowest BCUT2D eigenvalue weighted by molar-refractivity contribution is -0.118. The Morgan fingerprint density at radius 1 is 0.378 bits per heavy atom. The molecule has 0 radical (unpaired) electrons. The van der Waals surface area contributed by atoms with E-state index in [9.17, 15) is 4.79 Å². The largest absolute Gasteiger partial charge is 0.300 e. The van der Waals surface area contributed by atoms with Crippen LogP contribution in [0, 0.1) is 0 Å². The van der Waals surface area contributed by atoms with Gasteiger partial charge in [0.15, 0.2) is 0 Å². The minimum atomic E-state index is 0.433. The van der Waals surface area contributed by atoms with Gasteiger partial charge in [-0.15, -0.1) is 0 Å². The predicted molar refractivity (Wildman–Crippen MR) is 169 cm³/mol. The fourth-order valence-electron chi connectivity index (χ4n) is 5.10. The maximum Gasteiger partial charge on any atom is 0.132 e. The molecule has 0 unspecified atom stereocenters. The Kier molecular flexibility index (Phi) is 32.4. The van der Waals surface area contributed by atoms with Crippen molar-refractivity contribution in [2.24, 2.45) is 0 Å². The molecule has 0 N–H and O–H groups in total. The first-order chi connectivity index (χ1) is 18.3. The highest BCUT2D eigenvalue weighted by Crippen LogP contribution is 2.14. The summed E-state index contributed by atoms with van der Waals surface area (Å²) in [4.78, 5) is 11.3. The average molecular weight is 517 g/mol. The molecule has 0 rings (SSSR count). The number of Topliss-reactive ketones (excluding diaryl/α,β-unsaturated/α-hetero) is 1. The summed E-state index contributed by atoms with van der Waals surface area (Å²) in [5, 5.41) is 0. The Balaban J connectivity index is 3.17. The van der Waals surface area contributed by atoms with Crippen LogP contribution in [0.25, 0.3) is 0 Å². The van der Waals surface area contributed by atoms with E-state index in [-0.39, 0.29) is 0 Å². The van der Waals surface area contributed by atoms with Crippen molar-refractivity contribution >= 4 is 5.78 Å². The molecule has 37 heavy (non-hydrogen) atoms. The van der Waals surface area contributed by atoms with Crippen molar-refractivity contribution in [1.29, 1.82) is 0 Å². The molecule has 0 aliphatic rings. The van der Waals surface area contributed by atoms with Gasteiger partial charge >= 0.3 is 0 Å². The number of ketones is 1. The molecule has 0 aromatic heterocycles. The Labute approximate surface area is 234 Å². The quantitative estimate of drug-likeness (QED) is 0.0661. The van der Waals surface area contributed by atoms with E-state index in [4.69, 9.17) is 0 Å². The smallest absolute Gasteiger partial charge is 0.132 e. The van der Waals surface area contributed by atoms with Gasteiger partial charge < -0.3 is 0 Å². The van der Waals surface area contributed by atoms with Gasteiger partial charge in [0.1, 0.15) is 5.78 Å². The van der Waals surface area contributed by atoms with Gasteiger partial charge in [0.05, 0.1) is 0 Å². The lowest BCUT2D eigenvalue weighted by Crippen LogP contribution is -1.94. The molecule has 0 bridgehead atoms. The number of hydrogen-bond acceptors (Lipinski definition) is 1. The third-order valence-electron chi connectivity index (χ3n) is 7.77. The zero-order valence-electron chi connectivity index (χ0n) is 25.7. The predicted octanol–water partition coefficient (Wildman–Crippen LogP) is 13.0. The molecule has 218 valence electrons. The number of carbonyl (C=O) groups excluding carboxylic acids is 1. The summed E-state index contributed by atoms with van der Waals surface area (Å²) in [6.07, 6.45) is 48.2. The molecule has 0 atom stereocenters. The second-order valence-corrected chi connectivity index (χ2v) is 11.5. The fourth-order valence-corrected chi connectivity index (χ4v) is 5.10. The molecule has 0 saturated heterocycles. The maximum absolute atomic E-state index is 11.3. The summed E-state index contributed by atoms with van der Waals surface area (Å²) < 4.78 is 0. The standard InChI is InChI=1S/C36H68O/c1-3-5-6-7-8-9-10-11-12-13-14-15-16-17-18-19-20-21-22-23-24-25-26-27-28-29-30-31-32-33-34-35-36(37)4-2/h17-18,22-23H,3-16,19-21,24-35H2,1-2H3/b18-17+,23-22+. The van der Waals surface area contributed by atoms with Crippen LogP contribution in [0.1, 0.15) is 200 Å². The first-order valence-corrected chi connectivity index (χ1v) is 17.1. The van der Waals surface area contributed by atoms with Crippen molar-refractivity contribution in [3.05, 3.63) is 24.3 Å². The molecule has 0 aromatic rings. The zero-order valence-corrected chi connectivity index (χ0v) is 25.7. The van der Waals surface area contributed by atoms with Crippen LogP contribution in [0.3, 0.4) is 0 Å². The molecule has 0 heterocycles. The van der Waals surface area contributed by atoms with Crippen molar-refractivity contribution in [2.45, 2.75) is 200 Å². The maximum atomic E-state index is 11.3. The molecule has 0 amide bonds. The van der Waals surface area contributed by atoms with E-state index in [0.717, 1.165) is 12.8 Å². The van der Waals surface area contributed by atoms with E-state index in [0.29, 0.717) is 12.2 Å². The molecule has 1 nitrogen and oxygen atoms in total. The van der Waals surface area contributed by atoms with Gasteiger partial charge in [0, 0.05) is 12.8 Å². The Morgan fingerprint density at radius 2 is 0.676 bits per heavy atom. The Bertz CT molecular complexity index is 489. The number of allylic oxidation sites excluding steroid dienone is 4. The van der Waals surface area contributed by atoms with Crippen LogP contribution in [-0.4, -0.2) is 5.78 Å². The molecular formula is C36H68O. The van der Waals surface area contributed by atoms with E-state index in [2.05, 4.69) is 31.2 Å². The van der Waals surface area contributed by atoms with Crippen molar-refractivity contribution in [2.75, 3.05) is 0 Å². The highest BCUT2D eigenvalue weighted by atomic mass is 16.1. The number of unbranched alkanes of at least 4 members (excludes halogenated alkanes) is 24. The van der Waals surface area contributed by atoms with E-state index in [1.165, 1.54) is 167 Å². The van der Waals surface area contributed by atoms with E-state index in [1.807, 2.05) is 6.92 Å². The van der Waals surface area contributed by atoms with Crippen LogP contribution in [0.5, 0.6) is 0 Å². The summed E-state index contributed by atoms with van der Waals surface area (Å²) >= 11 is 0. The number of carbonyl (C=O) groups is 1. The van der Waals surface area contributed by atoms with E-state index in [1.54, 1.807) is 0 Å². The van der Waals surface area contributed by atoms with Crippen molar-refractivity contribution < 1.29 is 4.79 Å². The van der Waals surface area contributed by atoms with Gasteiger partial charge in [-0.1, -0.05) is 160 Å². The minimum absolute atomic E-state index is 0.433. The third kappa shape index (κ3) is 33.1. The number of rotatable bonds is 31. The van der Waals surface area contributed by atoms with Gasteiger partial charge in [-0.05, 0) is 51.4 Å². The molecule has 0 aliphatic carbocycles. The van der Waals surface area contributed by atoms with Gasteiger partial charge in [-0.25, -0.2) is 0 Å². The molecular weight excluding hydrogens is 448 g/mol. The average Bonchev–Trinajstić information content (AvgIpc) is 2.91. The normalized spacial score (nSPS) is 11.8. The van der Waals surface area contributed by atoms with Gasteiger partial charge in [-0.2, -0.15) is 0 Å². The summed E-state index contributed by atoms with van der Waals surface area (Å²) in [5.41, 5.74) is 0. The second-order valence-electron chi connectivity index (χ2n) is 11.5. The molecule has 0 aromatic carbocycles. The molecule has 0 spiro atoms. The molecule has 0 aliphatic heterocycles. The van der Waals surface area contributed by atoms with E-state index >= 15 is 0 Å². The molecule has 1 heteroatoms. The molecule has 0 saturated carbocycles. The van der Waals surface area contributed by atoms with Gasteiger partial charge in [0.2, 0.25) is 0 Å². The van der Waals surface area contributed by atoms with Crippen LogP contribution >= 0.6 is 0 Å². The topological polar surface area (TPSA) is 17.1 Å². The zero-order chi connectivity index (χ0) is 26.9. The fraction of sp³-hybridized carbons (Fsp3) is 0.861. The van der Waals surface area contributed by atoms with Crippen LogP contribution < -0.4 is 0 Å². The highest BCUT2D eigenvalue weighted by molar-refractivity contribution is 5.77. The highest BCUT2D eigenvalue weighted by Gasteiger charge is 1.98. The lowest BCUT2D eigenvalue weighted by Gasteiger charge is -2.02. The van der Waals surface area contributed by atoms with Crippen LogP contribution in [0.4, 0.5) is 0 Å². The number of hydrogen-bond donors (Lipinski definition) is 0. The van der Waals surface area contributed by atoms with E-state index < -0.39 is 0 Å². The third-order valence-corrected chi connectivity index (χ3v) is 7.77. The second kappa shape index (κ2) is 33.2. The first-order valence-electron chi connectivity index (χ1n) is 17.1. The summed E-state index contributed by atoms with van der Waals surface area (Å²) in [5.74, 6) is 0.433. The first kappa shape index (κ1) is 36.1. The van der Waals surface area contributed by atoms with Gasteiger partial charge in [0.25, 0.3) is 0 Å². The SMILES string of the molecule is CCCCCCCCCCCCCC/C=C/CCC/C=C/CCCCCCCCCCCCC(=O)CC. The monoisotopic (exact) mass is 517 g/mol. The van der Waals surface area contributed by atoms with Gasteiger partial charge in [-0.3, -0.25) is 4.79 Å². The Morgan fingerprint density at radius 3 is 1.03 bits per heavy atom. The minimum Gasteiger partial charge on any atom is -0.300 e. The van der Waals surface area contributed by atoms with Crippen molar-refractivity contribution in [3.63, 3.8) is 0 Å². The molecule has 0 fully saturated rings.